The molecule has 0 bridgehead atoms. The Bertz CT molecular complexity index is 581. The van der Waals surface area contributed by atoms with Gasteiger partial charge < -0.3 is 4.74 Å². The zero-order valence-electron chi connectivity index (χ0n) is 9.52. The maximum Gasteiger partial charge on any atom is 0.429 e. The van der Waals surface area contributed by atoms with Crippen LogP contribution in [0.25, 0.3) is 6.08 Å². The molecule has 0 amide bonds. The Labute approximate surface area is 120 Å². The number of halogens is 5. The molecule has 1 aliphatic rings. The Morgan fingerprint density at radius 3 is 2.58 bits per heavy atom. The lowest BCUT2D eigenvalue weighted by Crippen LogP contribution is -2.39. The van der Waals surface area contributed by atoms with Gasteiger partial charge in [-0.25, -0.2) is 0 Å². The smallest absolute Gasteiger partial charge is 0.429 e. The number of carbonyl (C=O) groups excluding carboxylic acids is 1. The van der Waals surface area contributed by atoms with Gasteiger partial charge in [0.1, 0.15) is 5.75 Å². The third kappa shape index (κ3) is 2.79. The molecule has 0 saturated carbocycles. The van der Waals surface area contributed by atoms with Crippen LogP contribution in [0.15, 0.2) is 22.2 Å². The number of fused-ring (bicyclic) bond motifs is 1. The molecule has 1 atom stereocenters. The molecule has 0 N–H and O–H groups in total. The molecule has 1 aromatic rings. The van der Waals surface area contributed by atoms with E-state index in [4.69, 9.17) is 16.3 Å². The van der Waals surface area contributed by atoms with Crippen LogP contribution in [0.4, 0.5) is 13.2 Å². The van der Waals surface area contributed by atoms with Crippen molar-refractivity contribution in [3.8, 4) is 5.75 Å². The van der Waals surface area contributed by atoms with Gasteiger partial charge in [0.05, 0.1) is 5.57 Å². The summed E-state index contributed by atoms with van der Waals surface area (Å²) in [6.07, 6.45) is -5.91. The fourth-order valence-electron chi connectivity index (χ4n) is 1.85. The third-order valence-electron chi connectivity index (χ3n) is 2.62. The van der Waals surface area contributed by atoms with Crippen molar-refractivity contribution in [1.82, 2.24) is 0 Å². The summed E-state index contributed by atoms with van der Waals surface area (Å²) in [6.45, 7) is 1.62. The minimum atomic E-state index is -4.70. The first-order chi connectivity index (χ1) is 8.70. The maximum absolute atomic E-state index is 12.9. The fourth-order valence-corrected chi connectivity index (χ4v) is 2.60. The van der Waals surface area contributed by atoms with Crippen LogP contribution >= 0.6 is 27.5 Å². The van der Waals surface area contributed by atoms with Crippen LogP contribution in [0.1, 0.15) is 11.1 Å². The van der Waals surface area contributed by atoms with E-state index in [0.717, 1.165) is 6.08 Å². The zero-order chi connectivity index (χ0) is 14.4. The van der Waals surface area contributed by atoms with Gasteiger partial charge in [-0.1, -0.05) is 15.9 Å². The minimum Gasteiger partial charge on any atom is -0.475 e. The maximum atomic E-state index is 12.9. The molecular weight excluding hydrogens is 348 g/mol. The lowest BCUT2D eigenvalue weighted by molar-refractivity contribution is -0.184. The Balaban J connectivity index is 2.61. The number of hydrogen-bond acceptors (Lipinski definition) is 2. The number of alkyl halides is 3. The van der Waals surface area contributed by atoms with E-state index in [1.165, 1.54) is 0 Å². The van der Waals surface area contributed by atoms with Gasteiger partial charge in [0.2, 0.25) is 6.10 Å². The number of aryl methyl sites for hydroxylation is 1. The second-order valence-corrected chi connectivity index (χ2v) is 5.31. The minimum absolute atomic E-state index is 0.104. The average molecular weight is 356 g/mol. The topological polar surface area (TPSA) is 26.3 Å². The molecule has 1 aromatic carbocycles. The summed E-state index contributed by atoms with van der Waals surface area (Å²) in [4.78, 5) is 11.1. The predicted octanol–water partition coefficient (Wildman–Crippen LogP) is 4.23. The summed E-state index contributed by atoms with van der Waals surface area (Å²) < 4.78 is 44.2. The average Bonchev–Trinajstić information content (AvgIpc) is 2.25. The van der Waals surface area contributed by atoms with Crippen LogP contribution in [0.3, 0.4) is 0 Å². The van der Waals surface area contributed by atoms with Gasteiger partial charge in [0, 0.05) is 10.0 Å². The molecule has 102 valence electrons. The molecule has 0 spiro atoms. The molecule has 2 rings (SSSR count). The van der Waals surface area contributed by atoms with Gasteiger partial charge >= 0.3 is 6.18 Å². The van der Waals surface area contributed by atoms with Crippen molar-refractivity contribution in [2.45, 2.75) is 19.2 Å². The molecule has 19 heavy (non-hydrogen) atoms. The van der Waals surface area contributed by atoms with Crippen LogP contribution in [0.2, 0.25) is 0 Å². The van der Waals surface area contributed by atoms with Crippen molar-refractivity contribution in [2.24, 2.45) is 0 Å². The van der Waals surface area contributed by atoms with Gasteiger partial charge in [-0.2, -0.15) is 13.2 Å². The SMILES string of the molecule is Cc1cc(Br)cc2c1OC(C(F)(F)F)C(C(=O)Cl)=C2. The molecule has 0 aliphatic carbocycles. The predicted molar refractivity (Wildman–Crippen MR) is 68.2 cm³/mol. The number of hydrogen-bond donors (Lipinski definition) is 0. The van der Waals surface area contributed by atoms with E-state index in [0.29, 0.717) is 15.6 Å². The van der Waals surface area contributed by atoms with Crippen LogP contribution in [0, 0.1) is 6.92 Å². The van der Waals surface area contributed by atoms with E-state index in [1.807, 2.05) is 0 Å². The third-order valence-corrected chi connectivity index (χ3v) is 3.30. The van der Waals surface area contributed by atoms with Crippen molar-refractivity contribution in [1.29, 1.82) is 0 Å². The van der Waals surface area contributed by atoms with Crippen molar-refractivity contribution >= 4 is 38.8 Å². The first-order valence-electron chi connectivity index (χ1n) is 5.15. The highest BCUT2D eigenvalue weighted by atomic mass is 79.9. The van der Waals surface area contributed by atoms with E-state index >= 15 is 0 Å². The van der Waals surface area contributed by atoms with Crippen LogP contribution < -0.4 is 4.74 Å². The monoisotopic (exact) mass is 354 g/mol. The Morgan fingerprint density at radius 1 is 1.42 bits per heavy atom. The molecule has 0 fully saturated rings. The molecule has 0 aromatic heterocycles. The summed E-state index contributed by atoms with van der Waals surface area (Å²) in [5.74, 6) is 0.104. The molecular formula is C12H7BrClF3O2. The first-order valence-corrected chi connectivity index (χ1v) is 6.32. The number of ether oxygens (including phenoxy) is 1. The summed E-state index contributed by atoms with van der Waals surface area (Å²) in [7, 11) is 0. The number of benzene rings is 1. The van der Waals surface area contributed by atoms with E-state index in [9.17, 15) is 18.0 Å². The Kier molecular flexibility index (Phi) is 3.66. The molecule has 1 aliphatic heterocycles. The van der Waals surface area contributed by atoms with Crippen molar-refractivity contribution in [2.75, 3.05) is 0 Å². The summed E-state index contributed by atoms with van der Waals surface area (Å²) in [5, 5.41) is -1.18. The zero-order valence-corrected chi connectivity index (χ0v) is 11.9. The highest BCUT2D eigenvalue weighted by Crippen LogP contribution is 2.40. The normalized spacial score (nSPS) is 18.4. The van der Waals surface area contributed by atoms with Gasteiger partial charge in [-0.05, 0) is 42.3 Å². The Morgan fingerprint density at radius 2 is 2.05 bits per heavy atom. The van der Waals surface area contributed by atoms with Gasteiger partial charge in [0.15, 0.2) is 0 Å². The first kappa shape index (κ1) is 14.4. The van der Waals surface area contributed by atoms with E-state index in [1.54, 1.807) is 19.1 Å². The van der Waals surface area contributed by atoms with Gasteiger partial charge in [0.25, 0.3) is 5.24 Å². The van der Waals surface area contributed by atoms with Crippen LogP contribution in [-0.2, 0) is 4.79 Å². The molecule has 7 heteroatoms. The standard InChI is InChI=1S/C12H7BrClF3O2/c1-5-2-7(13)3-6-4-8(11(14)18)10(12(15,16)17)19-9(5)6/h2-4,10H,1H3. The molecule has 0 saturated heterocycles. The van der Waals surface area contributed by atoms with E-state index < -0.39 is 23.1 Å². The lowest BCUT2D eigenvalue weighted by atomic mass is 10.00. The number of carbonyl (C=O) groups is 1. The summed E-state index contributed by atoms with van der Waals surface area (Å²) in [5.41, 5.74) is 0.312. The molecule has 0 radical (unpaired) electrons. The van der Waals surface area contributed by atoms with E-state index in [-0.39, 0.29) is 5.75 Å². The summed E-state index contributed by atoms with van der Waals surface area (Å²) in [6, 6.07) is 3.20. The fraction of sp³-hybridized carbons (Fsp3) is 0.250. The van der Waals surface area contributed by atoms with Gasteiger partial charge in [-0.15, -0.1) is 0 Å². The van der Waals surface area contributed by atoms with Gasteiger partial charge in [-0.3, -0.25) is 4.79 Å². The highest BCUT2D eigenvalue weighted by Gasteiger charge is 2.48. The Hall–Kier alpha value is -1.01. The quantitative estimate of drug-likeness (QED) is 0.705. The highest BCUT2D eigenvalue weighted by molar-refractivity contribution is 9.10. The van der Waals surface area contributed by atoms with Crippen LogP contribution in [0.5, 0.6) is 5.75 Å². The summed E-state index contributed by atoms with van der Waals surface area (Å²) >= 11 is 8.43. The molecule has 1 heterocycles. The van der Waals surface area contributed by atoms with E-state index in [2.05, 4.69) is 15.9 Å². The largest absolute Gasteiger partial charge is 0.475 e. The molecule has 2 nitrogen and oxygen atoms in total. The van der Waals surface area contributed by atoms with Crippen molar-refractivity contribution in [3.05, 3.63) is 33.3 Å². The van der Waals surface area contributed by atoms with Crippen molar-refractivity contribution in [3.63, 3.8) is 0 Å². The second kappa shape index (κ2) is 4.83. The lowest BCUT2D eigenvalue weighted by Gasteiger charge is -2.28. The molecule has 1 unspecified atom stereocenters. The van der Waals surface area contributed by atoms with Crippen molar-refractivity contribution < 1.29 is 22.7 Å². The van der Waals surface area contributed by atoms with Crippen LogP contribution in [-0.4, -0.2) is 17.5 Å². The number of rotatable bonds is 1. The second-order valence-electron chi connectivity index (χ2n) is 4.05.